The maximum Gasteiger partial charge on any atom is 0.573 e. The zero-order chi connectivity index (χ0) is 13.8. The minimum atomic E-state index is -4.81. The van der Waals surface area contributed by atoms with Gasteiger partial charge in [-0.3, -0.25) is 0 Å². The van der Waals surface area contributed by atoms with Crippen LogP contribution in [0.2, 0.25) is 0 Å². The summed E-state index contributed by atoms with van der Waals surface area (Å²) in [7, 11) is 1.18. The Balaban J connectivity index is 3.00. The van der Waals surface area contributed by atoms with Gasteiger partial charge >= 0.3 is 12.3 Å². The van der Waals surface area contributed by atoms with E-state index in [1.54, 1.807) is 0 Å². The molecule has 1 aromatic rings. The Morgan fingerprint density at radius 1 is 1.33 bits per heavy atom. The molecule has 0 saturated heterocycles. The highest BCUT2D eigenvalue weighted by Gasteiger charge is 2.32. The summed E-state index contributed by atoms with van der Waals surface area (Å²) in [5.74, 6) is -1.79. The van der Waals surface area contributed by atoms with Gasteiger partial charge in [0, 0.05) is 6.08 Å². The first-order valence-electron chi connectivity index (χ1n) is 4.66. The second kappa shape index (κ2) is 5.44. The van der Waals surface area contributed by atoms with Crippen LogP contribution in [-0.2, 0) is 4.79 Å². The predicted octanol–water partition coefficient (Wildman–Crippen LogP) is 2.69. The number of methoxy groups -OCH3 is 1. The zero-order valence-electron chi connectivity index (χ0n) is 9.19. The second-order valence-corrected chi connectivity index (χ2v) is 3.13. The van der Waals surface area contributed by atoms with Crippen molar-refractivity contribution in [3.8, 4) is 11.5 Å². The minimum Gasteiger partial charge on any atom is -0.493 e. The van der Waals surface area contributed by atoms with E-state index in [0.717, 1.165) is 12.1 Å². The number of hydrogen-bond donors (Lipinski definition) is 1. The summed E-state index contributed by atoms with van der Waals surface area (Å²) in [5, 5.41) is 8.42. The number of benzene rings is 1. The lowest BCUT2D eigenvalue weighted by atomic mass is 10.2. The molecule has 0 spiro atoms. The normalized spacial score (nSPS) is 11.6. The topological polar surface area (TPSA) is 55.8 Å². The largest absolute Gasteiger partial charge is 0.573 e. The van der Waals surface area contributed by atoms with E-state index in [2.05, 4.69) is 4.74 Å². The summed E-state index contributed by atoms with van der Waals surface area (Å²) in [6.07, 6.45) is -2.73. The quantitative estimate of drug-likeness (QED) is 0.847. The van der Waals surface area contributed by atoms with Crippen molar-refractivity contribution in [1.29, 1.82) is 0 Å². The molecule has 0 saturated carbocycles. The molecule has 7 heteroatoms. The van der Waals surface area contributed by atoms with Crippen molar-refractivity contribution >= 4 is 12.0 Å². The zero-order valence-corrected chi connectivity index (χ0v) is 9.19. The Hall–Kier alpha value is -2.18. The summed E-state index contributed by atoms with van der Waals surface area (Å²) in [5.41, 5.74) is 0.378. The first-order valence-corrected chi connectivity index (χ1v) is 4.66. The lowest BCUT2D eigenvalue weighted by molar-refractivity contribution is -0.275. The van der Waals surface area contributed by atoms with E-state index in [4.69, 9.17) is 9.84 Å². The van der Waals surface area contributed by atoms with Crippen LogP contribution < -0.4 is 9.47 Å². The molecule has 0 unspecified atom stereocenters. The highest BCUT2D eigenvalue weighted by molar-refractivity contribution is 5.85. The van der Waals surface area contributed by atoms with Crippen molar-refractivity contribution in [2.24, 2.45) is 0 Å². The van der Waals surface area contributed by atoms with E-state index in [0.29, 0.717) is 5.56 Å². The molecular weight excluding hydrogens is 253 g/mol. The molecule has 98 valence electrons. The molecule has 1 aromatic carbocycles. The third-order valence-electron chi connectivity index (χ3n) is 1.83. The molecule has 0 aliphatic carbocycles. The molecule has 0 aliphatic rings. The number of ether oxygens (including phenoxy) is 2. The first kappa shape index (κ1) is 13.9. The number of carboxylic acid groups (broad SMARTS) is 1. The number of halogens is 3. The van der Waals surface area contributed by atoms with E-state index in [1.807, 2.05) is 0 Å². The van der Waals surface area contributed by atoms with Gasteiger partial charge in [-0.1, -0.05) is 6.07 Å². The van der Waals surface area contributed by atoms with Gasteiger partial charge in [0.2, 0.25) is 0 Å². The number of carbonyl (C=O) groups is 1. The highest BCUT2D eigenvalue weighted by Crippen LogP contribution is 2.33. The molecule has 0 bridgehead atoms. The maximum atomic E-state index is 12.0. The van der Waals surface area contributed by atoms with Crippen molar-refractivity contribution in [3.63, 3.8) is 0 Å². The summed E-state index contributed by atoms with van der Waals surface area (Å²) in [4.78, 5) is 10.3. The van der Waals surface area contributed by atoms with Crippen molar-refractivity contribution in [1.82, 2.24) is 0 Å². The summed E-state index contributed by atoms with van der Waals surface area (Å²) in [6.45, 7) is 0. The van der Waals surface area contributed by atoms with E-state index >= 15 is 0 Å². The van der Waals surface area contributed by atoms with Gasteiger partial charge in [0.15, 0.2) is 11.5 Å². The van der Waals surface area contributed by atoms with Gasteiger partial charge in [-0.25, -0.2) is 4.79 Å². The molecule has 1 rings (SSSR count). The molecule has 0 heterocycles. The summed E-state index contributed by atoms with van der Waals surface area (Å²) >= 11 is 0. The molecule has 0 atom stereocenters. The minimum absolute atomic E-state index is 0.139. The fraction of sp³-hybridized carbons (Fsp3) is 0.182. The number of hydrogen-bond acceptors (Lipinski definition) is 3. The van der Waals surface area contributed by atoms with E-state index in [-0.39, 0.29) is 5.75 Å². The van der Waals surface area contributed by atoms with Crippen molar-refractivity contribution < 1.29 is 32.5 Å². The molecule has 0 amide bonds. The predicted molar refractivity (Wildman–Crippen MR) is 56.3 cm³/mol. The average Bonchev–Trinajstić information content (AvgIpc) is 2.25. The van der Waals surface area contributed by atoms with Gasteiger partial charge in [-0.05, 0) is 23.8 Å². The second-order valence-electron chi connectivity index (χ2n) is 3.13. The van der Waals surface area contributed by atoms with Crippen LogP contribution in [-0.4, -0.2) is 24.5 Å². The fourth-order valence-corrected chi connectivity index (χ4v) is 1.16. The van der Waals surface area contributed by atoms with Gasteiger partial charge in [-0.2, -0.15) is 0 Å². The van der Waals surface area contributed by atoms with Crippen LogP contribution >= 0.6 is 0 Å². The molecule has 18 heavy (non-hydrogen) atoms. The smallest absolute Gasteiger partial charge is 0.493 e. The summed E-state index contributed by atoms with van der Waals surface area (Å²) < 4.78 is 44.6. The van der Waals surface area contributed by atoms with E-state index < -0.39 is 18.1 Å². The lowest BCUT2D eigenvalue weighted by Gasteiger charge is -2.12. The van der Waals surface area contributed by atoms with Gasteiger partial charge in [0.25, 0.3) is 0 Å². The number of carboxylic acids is 1. The molecule has 4 nitrogen and oxygen atoms in total. The van der Waals surface area contributed by atoms with Crippen LogP contribution in [0.4, 0.5) is 13.2 Å². The van der Waals surface area contributed by atoms with Gasteiger partial charge < -0.3 is 14.6 Å². The van der Waals surface area contributed by atoms with Gasteiger partial charge in [-0.15, -0.1) is 13.2 Å². The van der Waals surface area contributed by atoms with E-state index in [9.17, 15) is 18.0 Å². The highest BCUT2D eigenvalue weighted by atomic mass is 19.4. The van der Waals surface area contributed by atoms with Crippen LogP contribution in [0.25, 0.3) is 6.08 Å². The van der Waals surface area contributed by atoms with Crippen LogP contribution in [0.1, 0.15) is 5.56 Å². The molecule has 1 N–H and O–H groups in total. The third-order valence-corrected chi connectivity index (χ3v) is 1.83. The lowest BCUT2D eigenvalue weighted by Crippen LogP contribution is -2.17. The number of rotatable bonds is 4. The summed E-state index contributed by atoms with van der Waals surface area (Å²) in [6, 6.07) is 3.57. The van der Waals surface area contributed by atoms with Crippen molar-refractivity contribution in [2.75, 3.05) is 7.11 Å². The molecule has 0 radical (unpaired) electrons. The maximum absolute atomic E-state index is 12.0. The Bertz CT molecular complexity index is 466. The average molecular weight is 262 g/mol. The van der Waals surface area contributed by atoms with E-state index in [1.165, 1.54) is 25.3 Å². The molecule has 0 aliphatic heterocycles. The van der Waals surface area contributed by atoms with Gasteiger partial charge in [0.05, 0.1) is 7.11 Å². The SMILES string of the molecule is COc1cc(C=CC(=O)O)ccc1OC(F)(F)F. The molecule has 0 aromatic heterocycles. The van der Waals surface area contributed by atoms with Crippen molar-refractivity contribution in [3.05, 3.63) is 29.8 Å². The van der Waals surface area contributed by atoms with Crippen molar-refractivity contribution in [2.45, 2.75) is 6.36 Å². The molecule has 0 fully saturated rings. The number of aliphatic carboxylic acids is 1. The van der Waals surface area contributed by atoms with Crippen LogP contribution in [0.3, 0.4) is 0 Å². The van der Waals surface area contributed by atoms with Crippen LogP contribution in [0.15, 0.2) is 24.3 Å². The Morgan fingerprint density at radius 2 is 2.00 bits per heavy atom. The monoisotopic (exact) mass is 262 g/mol. The standard InChI is InChI=1S/C11H9F3O4/c1-17-9-6-7(3-5-10(15)16)2-4-8(9)18-11(12,13)14/h2-6H,1H3,(H,15,16). The first-order chi connectivity index (χ1) is 8.31. The molecular formula is C11H9F3O4. The Kier molecular flexibility index (Phi) is 4.19. The number of alkyl halides is 3. The van der Waals surface area contributed by atoms with Gasteiger partial charge in [0.1, 0.15) is 0 Å². The third kappa shape index (κ3) is 4.36. The van der Waals surface area contributed by atoms with Crippen LogP contribution in [0, 0.1) is 0 Å². The van der Waals surface area contributed by atoms with Crippen LogP contribution in [0.5, 0.6) is 11.5 Å². The Morgan fingerprint density at radius 3 is 2.50 bits per heavy atom. The fourth-order valence-electron chi connectivity index (χ4n) is 1.16. The Labute approximate surface area is 100 Å².